The maximum atomic E-state index is 5.56. The van der Waals surface area contributed by atoms with Crippen molar-refractivity contribution in [2.45, 2.75) is 26.4 Å². The molecular formula is C9H20N2O. The summed E-state index contributed by atoms with van der Waals surface area (Å²) in [6, 6.07) is 0. The quantitative estimate of drug-likeness (QED) is 0.681. The van der Waals surface area contributed by atoms with Crippen LogP contribution in [0.1, 0.15) is 20.3 Å². The van der Waals surface area contributed by atoms with Crippen LogP contribution in [-0.4, -0.2) is 37.9 Å². The maximum absolute atomic E-state index is 5.56. The van der Waals surface area contributed by atoms with Gasteiger partial charge in [-0.05, 0) is 33.2 Å². The number of hydrogen-bond acceptors (Lipinski definition) is 3. The lowest BCUT2D eigenvalue weighted by Gasteiger charge is -2.15. The van der Waals surface area contributed by atoms with Crippen LogP contribution in [0.15, 0.2) is 0 Å². The molecule has 0 aromatic heterocycles. The zero-order valence-electron chi connectivity index (χ0n) is 8.34. The van der Waals surface area contributed by atoms with Gasteiger partial charge in [-0.2, -0.15) is 0 Å². The summed E-state index contributed by atoms with van der Waals surface area (Å²) >= 11 is 0. The van der Waals surface area contributed by atoms with Gasteiger partial charge in [-0.15, -0.1) is 0 Å². The fraction of sp³-hybridized carbons (Fsp3) is 1.00. The van der Waals surface area contributed by atoms with E-state index in [0.29, 0.717) is 6.10 Å². The first-order chi connectivity index (χ1) is 5.72. The van der Waals surface area contributed by atoms with Crippen molar-refractivity contribution < 1.29 is 4.74 Å². The molecule has 1 heterocycles. The third-order valence-corrected chi connectivity index (χ3v) is 2.27. The molecule has 0 aliphatic carbocycles. The van der Waals surface area contributed by atoms with E-state index >= 15 is 0 Å². The van der Waals surface area contributed by atoms with Crippen molar-refractivity contribution in [3.63, 3.8) is 0 Å². The lowest BCUT2D eigenvalue weighted by atomic mass is 10.1. The van der Waals surface area contributed by atoms with E-state index in [1.165, 1.54) is 6.42 Å². The molecule has 1 aliphatic heterocycles. The first-order valence-corrected chi connectivity index (χ1v) is 4.76. The van der Waals surface area contributed by atoms with Crippen LogP contribution in [0.25, 0.3) is 0 Å². The van der Waals surface area contributed by atoms with Gasteiger partial charge >= 0.3 is 0 Å². The van der Waals surface area contributed by atoms with Gasteiger partial charge < -0.3 is 4.74 Å². The Hall–Kier alpha value is -0.120. The van der Waals surface area contributed by atoms with E-state index in [9.17, 15) is 0 Å². The summed E-state index contributed by atoms with van der Waals surface area (Å²) in [7, 11) is 1.98. The highest BCUT2D eigenvalue weighted by Gasteiger charge is 2.21. The van der Waals surface area contributed by atoms with Crippen molar-refractivity contribution in [1.29, 1.82) is 0 Å². The summed E-state index contributed by atoms with van der Waals surface area (Å²) in [5.41, 5.74) is 3.16. The van der Waals surface area contributed by atoms with Crippen LogP contribution >= 0.6 is 0 Å². The average molecular weight is 172 g/mol. The molecule has 72 valence electrons. The molecule has 0 radical (unpaired) electrons. The van der Waals surface area contributed by atoms with Gasteiger partial charge in [0.25, 0.3) is 0 Å². The molecule has 1 fully saturated rings. The molecule has 3 nitrogen and oxygen atoms in total. The van der Waals surface area contributed by atoms with Crippen LogP contribution < -0.4 is 5.43 Å². The largest absolute Gasteiger partial charge is 0.378 e. The Labute approximate surface area is 75.0 Å². The van der Waals surface area contributed by atoms with Gasteiger partial charge in [-0.1, -0.05) is 0 Å². The Bertz CT molecular complexity index is 128. The van der Waals surface area contributed by atoms with Crippen LogP contribution in [0.3, 0.4) is 0 Å². The second-order valence-electron chi connectivity index (χ2n) is 3.71. The van der Waals surface area contributed by atoms with E-state index in [-0.39, 0.29) is 0 Å². The Balaban J connectivity index is 2.11. The highest BCUT2D eigenvalue weighted by Crippen LogP contribution is 2.14. The van der Waals surface area contributed by atoms with Crippen LogP contribution in [-0.2, 0) is 4.74 Å². The Morgan fingerprint density at radius 2 is 2.33 bits per heavy atom. The average Bonchev–Trinajstić information content (AvgIpc) is 2.48. The first kappa shape index (κ1) is 9.96. The molecule has 0 amide bonds. The summed E-state index contributed by atoms with van der Waals surface area (Å²) < 4.78 is 5.56. The SMILES string of the molecule is CNN1CCC(COC(C)C)C1. The molecular weight excluding hydrogens is 152 g/mol. The molecule has 1 N–H and O–H groups in total. The second-order valence-corrected chi connectivity index (χ2v) is 3.71. The predicted molar refractivity (Wildman–Crippen MR) is 49.8 cm³/mol. The van der Waals surface area contributed by atoms with Crippen molar-refractivity contribution in [2.24, 2.45) is 5.92 Å². The predicted octanol–water partition coefficient (Wildman–Crippen LogP) is 0.868. The van der Waals surface area contributed by atoms with Crippen LogP contribution in [0.4, 0.5) is 0 Å². The van der Waals surface area contributed by atoms with Gasteiger partial charge in [-0.25, -0.2) is 5.01 Å². The number of hydrazine groups is 1. The van der Waals surface area contributed by atoms with Crippen molar-refractivity contribution in [2.75, 3.05) is 26.7 Å². The van der Waals surface area contributed by atoms with E-state index in [4.69, 9.17) is 4.74 Å². The molecule has 1 unspecified atom stereocenters. The number of nitrogens with one attached hydrogen (secondary N) is 1. The normalized spacial score (nSPS) is 25.5. The topological polar surface area (TPSA) is 24.5 Å². The summed E-state index contributed by atoms with van der Waals surface area (Å²) in [5, 5.41) is 2.24. The van der Waals surface area contributed by atoms with E-state index < -0.39 is 0 Å². The smallest absolute Gasteiger partial charge is 0.0519 e. The lowest BCUT2D eigenvalue weighted by molar-refractivity contribution is 0.0517. The molecule has 1 saturated heterocycles. The lowest BCUT2D eigenvalue weighted by Crippen LogP contribution is -2.33. The van der Waals surface area contributed by atoms with E-state index in [1.807, 2.05) is 7.05 Å². The molecule has 1 aliphatic rings. The number of nitrogens with zero attached hydrogens (tertiary/aromatic N) is 1. The standard InChI is InChI=1S/C9H20N2O/c1-8(2)12-7-9-4-5-11(6-9)10-3/h8-10H,4-7H2,1-3H3. The fourth-order valence-corrected chi connectivity index (χ4v) is 1.50. The summed E-state index contributed by atoms with van der Waals surface area (Å²) in [4.78, 5) is 0. The van der Waals surface area contributed by atoms with Crippen LogP contribution in [0.2, 0.25) is 0 Å². The molecule has 1 atom stereocenters. The Morgan fingerprint density at radius 1 is 1.58 bits per heavy atom. The minimum Gasteiger partial charge on any atom is -0.378 e. The summed E-state index contributed by atoms with van der Waals surface area (Å²) in [5.74, 6) is 0.722. The Kier molecular flexibility index (Phi) is 3.98. The highest BCUT2D eigenvalue weighted by atomic mass is 16.5. The maximum Gasteiger partial charge on any atom is 0.0519 e. The molecule has 12 heavy (non-hydrogen) atoms. The highest BCUT2D eigenvalue weighted by molar-refractivity contribution is 4.72. The van der Waals surface area contributed by atoms with E-state index in [2.05, 4.69) is 24.3 Å². The summed E-state index contributed by atoms with van der Waals surface area (Å²) in [6.45, 7) is 7.37. The van der Waals surface area contributed by atoms with Gasteiger partial charge in [0.15, 0.2) is 0 Å². The first-order valence-electron chi connectivity index (χ1n) is 4.76. The van der Waals surface area contributed by atoms with Crippen molar-refractivity contribution in [3.05, 3.63) is 0 Å². The molecule has 0 bridgehead atoms. The molecule has 0 aromatic rings. The van der Waals surface area contributed by atoms with Crippen molar-refractivity contribution in [1.82, 2.24) is 10.4 Å². The monoisotopic (exact) mass is 172 g/mol. The molecule has 0 spiro atoms. The molecule has 0 saturated carbocycles. The Morgan fingerprint density at radius 3 is 2.83 bits per heavy atom. The van der Waals surface area contributed by atoms with Gasteiger partial charge in [0.1, 0.15) is 0 Å². The third kappa shape index (κ3) is 3.09. The number of ether oxygens (including phenoxy) is 1. The van der Waals surface area contributed by atoms with E-state index in [1.54, 1.807) is 0 Å². The van der Waals surface area contributed by atoms with Gasteiger partial charge in [0.2, 0.25) is 0 Å². The van der Waals surface area contributed by atoms with Crippen molar-refractivity contribution >= 4 is 0 Å². The zero-order valence-corrected chi connectivity index (χ0v) is 8.34. The second kappa shape index (κ2) is 4.80. The third-order valence-electron chi connectivity index (χ3n) is 2.27. The van der Waals surface area contributed by atoms with Crippen LogP contribution in [0.5, 0.6) is 0 Å². The van der Waals surface area contributed by atoms with Gasteiger partial charge in [0, 0.05) is 13.1 Å². The molecule has 1 rings (SSSR count). The number of hydrogen-bond donors (Lipinski definition) is 1. The minimum absolute atomic E-state index is 0.369. The molecule has 0 aromatic carbocycles. The molecule has 3 heteroatoms. The van der Waals surface area contributed by atoms with Crippen LogP contribution in [0, 0.1) is 5.92 Å². The number of rotatable bonds is 4. The fourth-order valence-electron chi connectivity index (χ4n) is 1.50. The van der Waals surface area contributed by atoms with Gasteiger partial charge in [-0.3, -0.25) is 5.43 Å². The van der Waals surface area contributed by atoms with E-state index in [0.717, 1.165) is 25.6 Å². The minimum atomic E-state index is 0.369. The van der Waals surface area contributed by atoms with Gasteiger partial charge in [0.05, 0.1) is 12.7 Å². The van der Waals surface area contributed by atoms with Crippen molar-refractivity contribution in [3.8, 4) is 0 Å². The summed E-state index contributed by atoms with van der Waals surface area (Å²) in [6.07, 6.45) is 1.63. The zero-order chi connectivity index (χ0) is 8.97.